The van der Waals surface area contributed by atoms with Gasteiger partial charge >= 0.3 is 0 Å². The van der Waals surface area contributed by atoms with E-state index in [0.29, 0.717) is 16.3 Å². The van der Waals surface area contributed by atoms with Crippen LogP contribution >= 0.6 is 27.5 Å². The average Bonchev–Trinajstić information content (AvgIpc) is 2.74. The highest BCUT2D eigenvalue weighted by atomic mass is 79.9. The van der Waals surface area contributed by atoms with E-state index >= 15 is 0 Å². The fourth-order valence-corrected chi connectivity index (χ4v) is 1.94. The van der Waals surface area contributed by atoms with Crippen LogP contribution in [0.15, 0.2) is 45.5 Å². The Hall–Kier alpha value is -0.770. The van der Waals surface area contributed by atoms with E-state index in [4.69, 9.17) is 16.0 Å². The van der Waals surface area contributed by atoms with Crippen LogP contribution in [0.4, 0.5) is 0 Å². The first kappa shape index (κ1) is 10.7. The molecule has 0 fully saturated rings. The van der Waals surface area contributed by atoms with Crippen molar-refractivity contribution in [1.82, 2.24) is 0 Å². The third-order valence-corrected chi connectivity index (χ3v) is 3.40. The Bertz CT molecular complexity index is 454. The molecule has 1 heterocycles. The van der Waals surface area contributed by atoms with Crippen LogP contribution in [0.25, 0.3) is 0 Å². The standard InChI is InChI=1S/C11H8BrClO2/c12-8-4-1-3-7(10(8)13)11(14)9-5-2-6-15-9/h1-6,11,14H. The van der Waals surface area contributed by atoms with E-state index in [1.54, 1.807) is 18.2 Å². The molecule has 0 aliphatic rings. The van der Waals surface area contributed by atoms with Crippen molar-refractivity contribution in [2.24, 2.45) is 0 Å². The van der Waals surface area contributed by atoms with Crippen LogP contribution in [0, 0.1) is 0 Å². The number of aliphatic hydroxyl groups excluding tert-OH is 1. The van der Waals surface area contributed by atoms with Gasteiger partial charge in [-0.15, -0.1) is 0 Å². The molecule has 1 atom stereocenters. The van der Waals surface area contributed by atoms with E-state index in [1.807, 2.05) is 12.1 Å². The van der Waals surface area contributed by atoms with Crippen molar-refractivity contribution in [1.29, 1.82) is 0 Å². The van der Waals surface area contributed by atoms with E-state index in [2.05, 4.69) is 15.9 Å². The highest BCUT2D eigenvalue weighted by molar-refractivity contribution is 9.10. The molecular weight excluding hydrogens is 279 g/mol. The lowest BCUT2D eigenvalue weighted by molar-refractivity contribution is 0.189. The third-order valence-electron chi connectivity index (χ3n) is 2.09. The lowest BCUT2D eigenvalue weighted by atomic mass is 10.1. The summed E-state index contributed by atoms with van der Waals surface area (Å²) in [6.45, 7) is 0. The molecule has 0 saturated carbocycles. The quantitative estimate of drug-likeness (QED) is 0.912. The molecule has 2 nitrogen and oxygen atoms in total. The van der Waals surface area contributed by atoms with Crippen molar-refractivity contribution in [2.45, 2.75) is 6.10 Å². The van der Waals surface area contributed by atoms with E-state index < -0.39 is 6.10 Å². The van der Waals surface area contributed by atoms with Crippen molar-refractivity contribution in [3.05, 3.63) is 57.4 Å². The van der Waals surface area contributed by atoms with Gasteiger partial charge in [-0.1, -0.05) is 23.7 Å². The fourth-order valence-electron chi connectivity index (χ4n) is 1.33. The summed E-state index contributed by atoms with van der Waals surface area (Å²) < 4.78 is 5.88. The Morgan fingerprint density at radius 2 is 2.07 bits per heavy atom. The van der Waals surface area contributed by atoms with Crippen molar-refractivity contribution < 1.29 is 9.52 Å². The molecule has 2 aromatic rings. The van der Waals surface area contributed by atoms with Crippen molar-refractivity contribution in [2.75, 3.05) is 0 Å². The molecule has 78 valence electrons. The molecule has 15 heavy (non-hydrogen) atoms. The lowest BCUT2D eigenvalue weighted by Gasteiger charge is -2.10. The largest absolute Gasteiger partial charge is 0.466 e. The Morgan fingerprint density at radius 3 is 2.73 bits per heavy atom. The molecule has 0 radical (unpaired) electrons. The van der Waals surface area contributed by atoms with Gasteiger partial charge in [-0.05, 0) is 34.1 Å². The molecule has 0 bridgehead atoms. The second-order valence-corrected chi connectivity index (χ2v) is 4.29. The molecule has 2 rings (SSSR count). The Kier molecular flexibility index (Phi) is 3.14. The van der Waals surface area contributed by atoms with E-state index in [-0.39, 0.29) is 0 Å². The lowest BCUT2D eigenvalue weighted by Crippen LogP contribution is -1.98. The zero-order valence-electron chi connectivity index (χ0n) is 7.65. The van der Waals surface area contributed by atoms with Crippen LogP contribution < -0.4 is 0 Å². The normalized spacial score (nSPS) is 12.7. The molecule has 1 aromatic carbocycles. The van der Waals surface area contributed by atoms with Crippen molar-refractivity contribution in [3.8, 4) is 0 Å². The molecule has 0 saturated heterocycles. The maximum Gasteiger partial charge on any atom is 0.138 e. The van der Waals surface area contributed by atoms with Gasteiger partial charge in [0.25, 0.3) is 0 Å². The number of benzene rings is 1. The van der Waals surface area contributed by atoms with Crippen LogP contribution in [-0.2, 0) is 0 Å². The maximum atomic E-state index is 9.99. The van der Waals surface area contributed by atoms with Crippen LogP contribution in [-0.4, -0.2) is 5.11 Å². The van der Waals surface area contributed by atoms with Gasteiger partial charge in [-0.3, -0.25) is 0 Å². The van der Waals surface area contributed by atoms with Gasteiger partial charge < -0.3 is 9.52 Å². The molecule has 0 spiro atoms. The summed E-state index contributed by atoms with van der Waals surface area (Å²) in [4.78, 5) is 0. The first-order chi connectivity index (χ1) is 7.20. The Labute approximate surface area is 101 Å². The molecule has 4 heteroatoms. The monoisotopic (exact) mass is 286 g/mol. The zero-order valence-corrected chi connectivity index (χ0v) is 9.99. The second kappa shape index (κ2) is 4.39. The van der Waals surface area contributed by atoms with Gasteiger partial charge in [0.15, 0.2) is 0 Å². The molecule has 1 N–H and O–H groups in total. The SMILES string of the molecule is OC(c1ccco1)c1cccc(Br)c1Cl. The fraction of sp³-hybridized carbons (Fsp3) is 0.0909. The van der Waals surface area contributed by atoms with Gasteiger partial charge in [-0.25, -0.2) is 0 Å². The summed E-state index contributed by atoms with van der Waals surface area (Å²) in [5, 5.41) is 10.5. The maximum absolute atomic E-state index is 9.99. The summed E-state index contributed by atoms with van der Waals surface area (Å²) in [6.07, 6.45) is 0.690. The first-order valence-electron chi connectivity index (χ1n) is 4.35. The predicted molar refractivity (Wildman–Crippen MR) is 61.9 cm³/mol. The van der Waals surface area contributed by atoms with Gasteiger partial charge in [0.1, 0.15) is 11.9 Å². The summed E-state index contributed by atoms with van der Waals surface area (Å²) in [5.41, 5.74) is 0.626. The Balaban J connectivity index is 2.42. The summed E-state index contributed by atoms with van der Waals surface area (Å²) in [5.74, 6) is 0.481. The molecule has 0 aliphatic heterocycles. The smallest absolute Gasteiger partial charge is 0.138 e. The minimum absolute atomic E-state index is 0.481. The third kappa shape index (κ3) is 2.09. The molecule has 1 aromatic heterocycles. The number of halogens is 2. The molecule has 0 amide bonds. The zero-order chi connectivity index (χ0) is 10.8. The van der Waals surface area contributed by atoms with Gasteiger partial charge in [0.2, 0.25) is 0 Å². The molecular formula is C11H8BrClO2. The highest BCUT2D eigenvalue weighted by Gasteiger charge is 2.17. The second-order valence-electron chi connectivity index (χ2n) is 3.06. The minimum atomic E-state index is -0.829. The molecule has 0 aliphatic carbocycles. The van der Waals surface area contributed by atoms with E-state index in [9.17, 15) is 5.11 Å². The van der Waals surface area contributed by atoms with E-state index in [0.717, 1.165) is 4.47 Å². The van der Waals surface area contributed by atoms with Crippen LogP contribution in [0.2, 0.25) is 5.02 Å². The van der Waals surface area contributed by atoms with Crippen LogP contribution in [0.1, 0.15) is 17.4 Å². The predicted octanol–water partition coefficient (Wildman–Crippen LogP) is 3.78. The number of rotatable bonds is 2. The minimum Gasteiger partial charge on any atom is -0.466 e. The first-order valence-corrected chi connectivity index (χ1v) is 5.52. The Morgan fingerprint density at radius 1 is 1.27 bits per heavy atom. The highest BCUT2D eigenvalue weighted by Crippen LogP contribution is 2.33. The van der Waals surface area contributed by atoms with Crippen molar-refractivity contribution in [3.63, 3.8) is 0 Å². The van der Waals surface area contributed by atoms with Gasteiger partial charge in [0, 0.05) is 10.0 Å². The summed E-state index contributed by atoms with van der Waals surface area (Å²) >= 11 is 9.36. The number of aliphatic hydroxyl groups is 1. The van der Waals surface area contributed by atoms with Gasteiger partial charge in [0.05, 0.1) is 11.3 Å². The van der Waals surface area contributed by atoms with Crippen molar-refractivity contribution >= 4 is 27.5 Å². The van der Waals surface area contributed by atoms with E-state index in [1.165, 1.54) is 6.26 Å². The summed E-state index contributed by atoms with van der Waals surface area (Å²) in [7, 11) is 0. The number of hydrogen-bond donors (Lipinski definition) is 1. The van der Waals surface area contributed by atoms with Gasteiger partial charge in [-0.2, -0.15) is 0 Å². The number of furan rings is 1. The topological polar surface area (TPSA) is 33.4 Å². The van der Waals surface area contributed by atoms with Crippen LogP contribution in [0.3, 0.4) is 0 Å². The average molecular weight is 288 g/mol. The van der Waals surface area contributed by atoms with Crippen LogP contribution in [0.5, 0.6) is 0 Å². The number of hydrogen-bond acceptors (Lipinski definition) is 2. The summed E-state index contributed by atoms with van der Waals surface area (Å²) in [6, 6.07) is 8.84. The molecule has 1 unspecified atom stereocenters.